The second-order valence-corrected chi connectivity index (χ2v) is 10.1. The smallest absolute Gasteiger partial charge is 0.243 e. The van der Waals surface area contributed by atoms with Crippen molar-refractivity contribution in [3.05, 3.63) is 53.1 Å². The second-order valence-electron chi connectivity index (χ2n) is 7.77. The number of fused-ring (bicyclic) bond motifs is 1. The van der Waals surface area contributed by atoms with E-state index in [9.17, 15) is 13.2 Å². The summed E-state index contributed by atoms with van der Waals surface area (Å²) in [4.78, 5) is 13.0. The standard InChI is InChI=1S/C22H25ClN2O5S/c1-15(17-2-7-20-21(14-17)30-13-12-29-20)24-22(26)16-8-10-25(11-9-16)31(27,28)19-5-3-18(23)4-6-19/h2-7,14-16H,8-13H2,1H3,(H,24,26). The number of carbonyl (C=O) groups is 1. The summed E-state index contributed by atoms with van der Waals surface area (Å²) in [6, 6.07) is 11.6. The zero-order chi connectivity index (χ0) is 22.0. The molecule has 2 aromatic carbocycles. The summed E-state index contributed by atoms with van der Waals surface area (Å²) in [6.07, 6.45) is 0.957. The number of rotatable bonds is 5. The molecule has 2 aliphatic heterocycles. The third kappa shape index (κ3) is 4.81. The van der Waals surface area contributed by atoms with E-state index in [2.05, 4.69) is 5.32 Å². The van der Waals surface area contributed by atoms with Gasteiger partial charge in [-0.3, -0.25) is 4.79 Å². The van der Waals surface area contributed by atoms with Crippen molar-refractivity contribution in [1.82, 2.24) is 9.62 Å². The van der Waals surface area contributed by atoms with Crippen molar-refractivity contribution in [2.45, 2.75) is 30.7 Å². The molecule has 1 N–H and O–H groups in total. The molecule has 1 amide bonds. The van der Waals surface area contributed by atoms with Gasteiger partial charge in [0.05, 0.1) is 10.9 Å². The lowest BCUT2D eigenvalue weighted by Crippen LogP contribution is -2.43. The molecule has 0 radical (unpaired) electrons. The number of nitrogens with zero attached hydrogens (tertiary/aromatic N) is 1. The maximum atomic E-state index is 12.8. The van der Waals surface area contributed by atoms with E-state index in [4.69, 9.17) is 21.1 Å². The first-order valence-electron chi connectivity index (χ1n) is 10.3. The Kier molecular flexibility index (Phi) is 6.41. The van der Waals surface area contributed by atoms with Gasteiger partial charge in [-0.05, 0) is 61.7 Å². The van der Waals surface area contributed by atoms with Gasteiger partial charge in [0.25, 0.3) is 0 Å². The van der Waals surface area contributed by atoms with Crippen LogP contribution < -0.4 is 14.8 Å². The molecule has 0 aromatic heterocycles. The van der Waals surface area contributed by atoms with E-state index in [1.54, 1.807) is 12.1 Å². The Bertz CT molecular complexity index is 1050. The number of carbonyl (C=O) groups excluding carboxylic acids is 1. The Morgan fingerprint density at radius 2 is 1.71 bits per heavy atom. The topological polar surface area (TPSA) is 84.9 Å². The van der Waals surface area contributed by atoms with Crippen LogP contribution in [0.2, 0.25) is 5.02 Å². The molecule has 0 bridgehead atoms. The Morgan fingerprint density at radius 1 is 1.06 bits per heavy atom. The lowest BCUT2D eigenvalue weighted by Gasteiger charge is -2.31. The molecule has 1 saturated heterocycles. The molecule has 2 aliphatic rings. The number of amides is 1. The Hall–Kier alpha value is -2.29. The largest absolute Gasteiger partial charge is 0.486 e. The summed E-state index contributed by atoms with van der Waals surface area (Å²) in [5.74, 6) is 1.11. The average Bonchev–Trinajstić information content (AvgIpc) is 2.79. The molecule has 1 fully saturated rings. The van der Waals surface area contributed by atoms with E-state index in [1.807, 2.05) is 25.1 Å². The maximum Gasteiger partial charge on any atom is 0.243 e. The van der Waals surface area contributed by atoms with Crippen molar-refractivity contribution in [3.63, 3.8) is 0 Å². The van der Waals surface area contributed by atoms with E-state index in [-0.39, 0.29) is 22.8 Å². The van der Waals surface area contributed by atoms with Crippen LogP contribution in [0.3, 0.4) is 0 Å². The molecule has 2 aromatic rings. The highest BCUT2D eigenvalue weighted by atomic mass is 35.5. The fourth-order valence-corrected chi connectivity index (χ4v) is 5.45. The maximum absolute atomic E-state index is 12.8. The highest BCUT2D eigenvalue weighted by molar-refractivity contribution is 7.89. The number of nitrogens with one attached hydrogen (secondary N) is 1. The van der Waals surface area contributed by atoms with Gasteiger partial charge in [-0.2, -0.15) is 4.31 Å². The number of piperidine rings is 1. The molecular formula is C22H25ClN2O5S. The van der Waals surface area contributed by atoms with Crippen LogP contribution in [-0.2, 0) is 14.8 Å². The monoisotopic (exact) mass is 464 g/mol. The predicted octanol–water partition coefficient (Wildman–Crippen LogP) is 3.39. The summed E-state index contributed by atoms with van der Waals surface area (Å²) in [5, 5.41) is 3.53. The van der Waals surface area contributed by atoms with Crippen LogP contribution >= 0.6 is 11.6 Å². The van der Waals surface area contributed by atoms with Gasteiger partial charge in [0.2, 0.25) is 15.9 Å². The van der Waals surface area contributed by atoms with Crippen LogP contribution in [-0.4, -0.2) is 44.9 Å². The Labute approximate surface area is 187 Å². The van der Waals surface area contributed by atoms with Crippen LogP contribution in [0, 0.1) is 5.92 Å². The quantitative estimate of drug-likeness (QED) is 0.733. The van der Waals surface area contributed by atoms with Gasteiger partial charge in [-0.25, -0.2) is 8.42 Å². The predicted molar refractivity (Wildman–Crippen MR) is 117 cm³/mol. The van der Waals surface area contributed by atoms with Gasteiger partial charge in [-0.1, -0.05) is 17.7 Å². The van der Waals surface area contributed by atoms with E-state index >= 15 is 0 Å². The van der Waals surface area contributed by atoms with Gasteiger partial charge in [0, 0.05) is 24.0 Å². The normalized spacial score (nSPS) is 18.4. The zero-order valence-electron chi connectivity index (χ0n) is 17.2. The first-order valence-corrected chi connectivity index (χ1v) is 12.1. The lowest BCUT2D eigenvalue weighted by atomic mass is 9.96. The summed E-state index contributed by atoms with van der Waals surface area (Å²) < 4.78 is 38.2. The molecule has 0 saturated carbocycles. The molecule has 0 spiro atoms. The molecule has 2 heterocycles. The SMILES string of the molecule is CC(NC(=O)C1CCN(S(=O)(=O)c2ccc(Cl)cc2)CC1)c1ccc2c(c1)OCCO2. The van der Waals surface area contributed by atoms with Crippen LogP contribution in [0.4, 0.5) is 0 Å². The fourth-order valence-electron chi connectivity index (χ4n) is 3.86. The van der Waals surface area contributed by atoms with Gasteiger partial charge in [-0.15, -0.1) is 0 Å². The minimum atomic E-state index is -3.59. The number of benzene rings is 2. The van der Waals surface area contributed by atoms with E-state index in [1.165, 1.54) is 16.4 Å². The van der Waals surface area contributed by atoms with Crippen molar-refractivity contribution < 1.29 is 22.7 Å². The van der Waals surface area contributed by atoms with Crippen molar-refractivity contribution in [3.8, 4) is 11.5 Å². The summed E-state index contributed by atoms with van der Waals surface area (Å²) in [5.41, 5.74) is 0.931. The average molecular weight is 465 g/mol. The number of hydrogen-bond donors (Lipinski definition) is 1. The van der Waals surface area contributed by atoms with Crippen LogP contribution in [0.5, 0.6) is 11.5 Å². The summed E-state index contributed by atoms with van der Waals surface area (Å²) in [7, 11) is -3.59. The van der Waals surface area contributed by atoms with Crippen LogP contribution in [0.15, 0.2) is 47.4 Å². The highest BCUT2D eigenvalue weighted by Crippen LogP contribution is 2.33. The molecule has 7 nitrogen and oxygen atoms in total. The van der Waals surface area contributed by atoms with E-state index in [0.717, 1.165) is 5.56 Å². The van der Waals surface area contributed by atoms with Crippen LogP contribution in [0.1, 0.15) is 31.4 Å². The summed E-state index contributed by atoms with van der Waals surface area (Å²) >= 11 is 5.86. The number of hydrogen-bond acceptors (Lipinski definition) is 5. The Morgan fingerprint density at radius 3 is 2.39 bits per heavy atom. The fraction of sp³-hybridized carbons (Fsp3) is 0.409. The first-order chi connectivity index (χ1) is 14.8. The number of ether oxygens (including phenoxy) is 2. The van der Waals surface area contributed by atoms with Gasteiger partial charge >= 0.3 is 0 Å². The van der Waals surface area contributed by atoms with E-state index < -0.39 is 10.0 Å². The van der Waals surface area contributed by atoms with E-state index in [0.29, 0.717) is 55.7 Å². The summed E-state index contributed by atoms with van der Waals surface area (Å²) in [6.45, 7) is 3.58. The van der Waals surface area contributed by atoms with Crippen molar-refractivity contribution in [2.24, 2.45) is 5.92 Å². The minimum absolute atomic E-state index is 0.0640. The third-order valence-corrected chi connectivity index (χ3v) is 7.87. The van der Waals surface area contributed by atoms with Gasteiger partial charge in [0.15, 0.2) is 11.5 Å². The Balaban J connectivity index is 1.34. The molecule has 31 heavy (non-hydrogen) atoms. The molecule has 0 aliphatic carbocycles. The number of halogens is 1. The van der Waals surface area contributed by atoms with Crippen LogP contribution in [0.25, 0.3) is 0 Å². The zero-order valence-corrected chi connectivity index (χ0v) is 18.8. The third-order valence-electron chi connectivity index (χ3n) is 5.70. The molecule has 1 atom stereocenters. The molecule has 9 heteroatoms. The van der Waals surface area contributed by atoms with Gasteiger partial charge in [0.1, 0.15) is 13.2 Å². The molecule has 4 rings (SSSR count). The van der Waals surface area contributed by atoms with Gasteiger partial charge < -0.3 is 14.8 Å². The minimum Gasteiger partial charge on any atom is -0.486 e. The molecular weight excluding hydrogens is 440 g/mol. The highest BCUT2D eigenvalue weighted by Gasteiger charge is 2.32. The molecule has 1 unspecified atom stereocenters. The van der Waals surface area contributed by atoms with Crippen molar-refractivity contribution >= 4 is 27.5 Å². The van der Waals surface area contributed by atoms with Crippen molar-refractivity contribution in [1.29, 1.82) is 0 Å². The molecule has 166 valence electrons. The van der Waals surface area contributed by atoms with Crippen molar-refractivity contribution in [2.75, 3.05) is 26.3 Å². The second kappa shape index (κ2) is 9.06. The number of sulfonamides is 1. The first kappa shape index (κ1) is 21.9. The lowest BCUT2D eigenvalue weighted by molar-refractivity contribution is -0.126.